The zero-order valence-corrected chi connectivity index (χ0v) is 16.7. The quantitative estimate of drug-likeness (QED) is 0.588. The molecule has 0 heterocycles. The lowest BCUT2D eigenvalue weighted by Crippen LogP contribution is -1.93. The first-order valence-electron chi connectivity index (χ1n) is 9.17. The average Bonchev–Trinajstić information content (AvgIpc) is 2.64. The van der Waals surface area contributed by atoms with Gasteiger partial charge in [0, 0.05) is 26.5 Å². The second-order valence-corrected chi connectivity index (χ2v) is 7.01. The SMILES string of the molecule is CNc1ccc(-c2ccc(NC)c(N=CC(C)C)c2)cc1N=CC(C)C. The molecule has 0 aromatic heterocycles. The van der Waals surface area contributed by atoms with Gasteiger partial charge < -0.3 is 10.6 Å². The summed E-state index contributed by atoms with van der Waals surface area (Å²) in [6, 6.07) is 12.6. The summed E-state index contributed by atoms with van der Waals surface area (Å²) in [5.74, 6) is 0.825. The van der Waals surface area contributed by atoms with E-state index in [1.165, 1.54) is 0 Å². The number of hydrogen-bond donors (Lipinski definition) is 2. The van der Waals surface area contributed by atoms with E-state index >= 15 is 0 Å². The molecule has 0 aliphatic rings. The molecule has 0 amide bonds. The van der Waals surface area contributed by atoms with Gasteiger partial charge in [-0.05, 0) is 47.2 Å². The third-order valence-electron chi connectivity index (χ3n) is 3.89. The second kappa shape index (κ2) is 9.18. The van der Waals surface area contributed by atoms with Crippen molar-refractivity contribution in [1.82, 2.24) is 0 Å². The Morgan fingerprint density at radius 1 is 0.692 bits per heavy atom. The molecule has 0 aliphatic carbocycles. The van der Waals surface area contributed by atoms with Crippen LogP contribution in [0.15, 0.2) is 46.4 Å². The highest BCUT2D eigenvalue weighted by molar-refractivity contribution is 5.83. The van der Waals surface area contributed by atoms with Gasteiger partial charge in [-0.15, -0.1) is 0 Å². The van der Waals surface area contributed by atoms with Gasteiger partial charge in [-0.1, -0.05) is 39.8 Å². The highest BCUT2D eigenvalue weighted by atomic mass is 14.9. The predicted octanol–water partition coefficient (Wildman–Crippen LogP) is 6.15. The lowest BCUT2D eigenvalue weighted by atomic mass is 10.0. The van der Waals surface area contributed by atoms with Gasteiger partial charge in [-0.3, -0.25) is 9.98 Å². The summed E-state index contributed by atoms with van der Waals surface area (Å²) in [5.41, 5.74) is 6.20. The molecule has 0 aliphatic heterocycles. The minimum atomic E-state index is 0.412. The van der Waals surface area contributed by atoms with E-state index in [4.69, 9.17) is 0 Å². The Kier molecular flexibility index (Phi) is 6.96. The Morgan fingerprint density at radius 2 is 1.08 bits per heavy atom. The molecule has 0 saturated heterocycles. The normalized spacial score (nSPS) is 11.8. The number of benzene rings is 2. The van der Waals surface area contributed by atoms with Crippen LogP contribution in [0, 0.1) is 11.8 Å². The molecule has 2 rings (SSSR count). The van der Waals surface area contributed by atoms with Crippen LogP contribution >= 0.6 is 0 Å². The summed E-state index contributed by atoms with van der Waals surface area (Å²) in [5, 5.41) is 6.43. The fraction of sp³-hybridized carbons (Fsp3) is 0.364. The number of anilines is 2. The maximum Gasteiger partial charge on any atom is 0.0863 e. The maximum absolute atomic E-state index is 4.65. The van der Waals surface area contributed by atoms with E-state index in [1.54, 1.807) is 0 Å². The molecule has 0 unspecified atom stereocenters. The molecule has 4 heteroatoms. The molecular formula is C22H30N4. The van der Waals surface area contributed by atoms with Crippen LogP contribution in [-0.4, -0.2) is 26.5 Å². The van der Waals surface area contributed by atoms with Crippen LogP contribution in [0.25, 0.3) is 11.1 Å². The van der Waals surface area contributed by atoms with Gasteiger partial charge >= 0.3 is 0 Å². The van der Waals surface area contributed by atoms with Crippen molar-refractivity contribution in [2.24, 2.45) is 21.8 Å². The third-order valence-corrected chi connectivity index (χ3v) is 3.89. The Hall–Kier alpha value is -2.62. The summed E-state index contributed by atoms with van der Waals surface area (Å²) in [6.45, 7) is 8.51. The van der Waals surface area contributed by atoms with Crippen LogP contribution in [0.3, 0.4) is 0 Å². The molecular weight excluding hydrogens is 320 g/mol. The summed E-state index contributed by atoms with van der Waals surface area (Å²) >= 11 is 0. The lowest BCUT2D eigenvalue weighted by Gasteiger charge is -2.11. The van der Waals surface area contributed by atoms with Gasteiger partial charge in [-0.2, -0.15) is 0 Å². The van der Waals surface area contributed by atoms with Crippen molar-refractivity contribution < 1.29 is 0 Å². The zero-order valence-electron chi connectivity index (χ0n) is 16.7. The summed E-state index contributed by atoms with van der Waals surface area (Å²) < 4.78 is 0. The van der Waals surface area contributed by atoms with E-state index in [0.29, 0.717) is 11.8 Å². The molecule has 2 N–H and O–H groups in total. The van der Waals surface area contributed by atoms with E-state index in [1.807, 2.05) is 26.5 Å². The first-order valence-corrected chi connectivity index (χ1v) is 9.17. The molecule has 2 aromatic rings. The summed E-state index contributed by atoms with van der Waals surface area (Å²) in [4.78, 5) is 9.30. The summed E-state index contributed by atoms with van der Waals surface area (Å²) in [6.07, 6.45) is 3.95. The molecule has 4 nitrogen and oxygen atoms in total. The van der Waals surface area contributed by atoms with Crippen LogP contribution < -0.4 is 10.6 Å². The maximum atomic E-state index is 4.65. The second-order valence-electron chi connectivity index (χ2n) is 7.01. The van der Waals surface area contributed by atoms with Crippen molar-refractivity contribution in [3.63, 3.8) is 0 Å². The van der Waals surface area contributed by atoms with Crippen molar-refractivity contribution in [3.05, 3.63) is 36.4 Å². The fourth-order valence-electron chi connectivity index (χ4n) is 2.52. The predicted molar refractivity (Wildman–Crippen MR) is 117 cm³/mol. The number of nitrogens with zero attached hydrogens (tertiary/aromatic N) is 2. The molecule has 0 spiro atoms. The van der Waals surface area contributed by atoms with Gasteiger partial charge in [-0.25, -0.2) is 0 Å². The zero-order chi connectivity index (χ0) is 19.1. The van der Waals surface area contributed by atoms with E-state index in [9.17, 15) is 0 Å². The van der Waals surface area contributed by atoms with Crippen LogP contribution in [0.2, 0.25) is 0 Å². The van der Waals surface area contributed by atoms with Crippen molar-refractivity contribution in [1.29, 1.82) is 0 Å². The minimum absolute atomic E-state index is 0.412. The largest absolute Gasteiger partial charge is 0.386 e. The third kappa shape index (κ3) is 5.19. The molecule has 138 valence electrons. The van der Waals surface area contributed by atoms with Crippen molar-refractivity contribution in [2.45, 2.75) is 27.7 Å². The van der Waals surface area contributed by atoms with Gasteiger partial charge in [0.25, 0.3) is 0 Å². The lowest BCUT2D eigenvalue weighted by molar-refractivity contribution is 0.907. The topological polar surface area (TPSA) is 48.8 Å². The highest BCUT2D eigenvalue weighted by Crippen LogP contribution is 2.35. The minimum Gasteiger partial charge on any atom is -0.386 e. The Morgan fingerprint density at radius 3 is 1.38 bits per heavy atom. The van der Waals surface area contributed by atoms with Gasteiger partial charge in [0.1, 0.15) is 0 Å². The molecule has 0 radical (unpaired) electrons. The first-order chi connectivity index (χ1) is 12.4. The monoisotopic (exact) mass is 350 g/mol. The number of aliphatic imine (C=N–C) groups is 2. The Balaban J connectivity index is 2.47. The van der Waals surface area contributed by atoms with Crippen LogP contribution in [0.1, 0.15) is 27.7 Å². The summed E-state index contributed by atoms with van der Waals surface area (Å²) in [7, 11) is 3.84. The van der Waals surface area contributed by atoms with Crippen LogP contribution in [0.4, 0.5) is 22.7 Å². The van der Waals surface area contributed by atoms with Crippen molar-refractivity contribution >= 4 is 35.2 Å². The molecule has 0 fully saturated rings. The average molecular weight is 351 g/mol. The van der Waals surface area contributed by atoms with Gasteiger partial charge in [0.05, 0.1) is 22.7 Å². The van der Waals surface area contributed by atoms with Crippen molar-refractivity contribution in [3.8, 4) is 11.1 Å². The molecule has 26 heavy (non-hydrogen) atoms. The highest BCUT2D eigenvalue weighted by Gasteiger charge is 2.07. The van der Waals surface area contributed by atoms with E-state index in [0.717, 1.165) is 33.9 Å². The van der Waals surface area contributed by atoms with E-state index in [-0.39, 0.29) is 0 Å². The molecule has 0 saturated carbocycles. The van der Waals surface area contributed by atoms with E-state index < -0.39 is 0 Å². The smallest absolute Gasteiger partial charge is 0.0863 e. The van der Waals surface area contributed by atoms with Gasteiger partial charge in [0.15, 0.2) is 0 Å². The Bertz CT molecular complexity index is 721. The van der Waals surface area contributed by atoms with Gasteiger partial charge in [0.2, 0.25) is 0 Å². The molecule has 2 aromatic carbocycles. The molecule has 0 bridgehead atoms. The fourth-order valence-corrected chi connectivity index (χ4v) is 2.52. The number of rotatable bonds is 7. The number of nitrogens with one attached hydrogen (secondary N) is 2. The van der Waals surface area contributed by atoms with Crippen LogP contribution in [0.5, 0.6) is 0 Å². The molecule has 0 atom stereocenters. The van der Waals surface area contributed by atoms with Crippen molar-refractivity contribution in [2.75, 3.05) is 24.7 Å². The van der Waals surface area contributed by atoms with E-state index in [2.05, 4.69) is 84.7 Å². The number of hydrogen-bond acceptors (Lipinski definition) is 4. The first kappa shape index (κ1) is 19.7. The van der Waals surface area contributed by atoms with Crippen LogP contribution in [-0.2, 0) is 0 Å². The standard InChI is InChI=1S/C22H30N4/c1-15(2)13-25-21-11-17(7-9-19(21)23-5)18-8-10-20(24-6)22(12-18)26-14-16(3)4/h7-16,23-24H,1-6H3. The Labute approximate surface area is 157 Å².